The topological polar surface area (TPSA) is 61.8 Å². The highest BCUT2D eigenvalue weighted by molar-refractivity contribution is 14.0. The van der Waals surface area contributed by atoms with Crippen LogP contribution in [-0.4, -0.2) is 61.3 Å². The van der Waals surface area contributed by atoms with Crippen LogP contribution in [0, 0.1) is 5.92 Å². The minimum absolute atomic E-state index is 0. The van der Waals surface area contributed by atoms with E-state index in [4.69, 9.17) is 9.73 Å². The Hall–Kier alpha value is -1.45. The minimum atomic E-state index is 0. The third-order valence-corrected chi connectivity index (χ3v) is 5.25. The van der Waals surface area contributed by atoms with Gasteiger partial charge in [0.15, 0.2) is 5.96 Å². The molecule has 0 saturated carbocycles. The molecule has 1 fully saturated rings. The highest BCUT2D eigenvalue weighted by atomic mass is 127. The van der Waals surface area contributed by atoms with Crippen LogP contribution >= 0.6 is 24.0 Å². The average molecular weight is 511 g/mol. The number of guanidine groups is 1. The molecule has 1 saturated heterocycles. The molecule has 1 aromatic carbocycles. The van der Waals surface area contributed by atoms with Crippen molar-refractivity contribution in [3.8, 4) is 0 Å². The van der Waals surface area contributed by atoms with Gasteiger partial charge in [-0.2, -0.15) is 0 Å². The molecule has 1 atom stereocenters. The minimum Gasteiger partial charge on any atom is -0.379 e. The Balaban J connectivity index is 0.00000300. The van der Waals surface area contributed by atoms with Crippen molar-refractivity contribution in [3.63, 3.8) is 0 Å². The van der Waals surface area contributed by atoms with Crippen LogP contribution in [0.2, 0.25) is 0 Å². The van der Waals surface area contributed by atoms with Crippen LogP contribution in [0.1, 0.15) is 26.5 Å². The van der Waals surface area contributed by atoms with Crippen LogP contribution in [0.3, 0.4) is 0 Å². The number of hydrogen-bond donors (Lipinski definition) is 2. The molecule has 1 aromatic heterocycles. The first-order valence-electron chi connectivity index (χ1n) is 10.4. The van der Waals surface area contributed by atoms with E-state index in [1.807, 2.05) is 12.3 Å². The molecule has 2 aromatic rings. The van der Waals surface area contributed by atoms with E-state index in [0.29, 0.717) is 18.5 Å². The van der Waals surface area contributed by atoms with Gasteiger partial charge in [0.25, 0.3) is 0 Å². The Kier molecular flexibility index (Phi) is 10.1. The molecular formula is C22H34IN5O. The van der Waals surface area contributed by atoms with Gasteiger partial charge in [-0.15, -0.1) is 24.0 Å². The van der Waals surface area contributed by atoms with E-state index in [-0.39, 0.29) is 24.0 Å². The molecule has 7 heteroatoms. The van der Waals surface area contributed by atoms with E-state index in [9.17, 15) is 0 Å². The van der Waals surface area contributed by atoms with E-state index in [1.165, 1.54) is 5.39 Å². The highest BCUT2D eigenvalue weighted by Gasteiger charge is 2.23. The summed E-state index contributed by atoms with van der Waals surface area (Å²) in [4.78, 5) is 11.9. The lowest BCUT2D eigenvalue weighted by atomic mass is 10.0. The molecule has 1 unspecified atom stereocenters. The fourth-order valence-electron chi connectivity index (χ4n) is 3.70. The molecule has 0 bridgehead atoms. The summed E-state index contributed by atoms with van der Waals surface area (Å²) in [7, 11) is 0. The van der Waals surface area contributed by atoms with Crippen LogP contribution < -0.4 is 10.6 Å². The summed E-state index contributed by atoms with van der Waals surface area (Å²) in [6.45, 7) is 12.6. The molecule has 1 aliphatic heterocycles. The van der Waals surface area contributed by atoms with E-state index < -0.39 is 0 Å². The summed E-state index contributed by atoms with van der Waals surface area (Å²) in [6.07, 6.45) is 1.86. The number of hydrogen-bond acceptors (Lipinski definition) is 4. The number of aliphatic imine (C=N–C) groups is 1. The maximum atomic E-state index is 5.51. The van der Waals surface area contributed by atoms with E-state index in [1.54, 1.807) is 0 Å². The molecule has 160 valence electrons. The normalized spacial score (nSPS) is 16.5. The third kappa shape index (κ3) is 6.79. The summed E-state index contributed by atoms with van der Waals surface area (Å²) < 4.78 is 5.51. The van der Waals surface area contributed by atoms with Crippen LogP contribution in [0.5, 0.6) is 0 Å². The summed E-state index contributed by atoms with van der Waals surface area (Å²) >= 11 is 0. The van der Waals surface area contributed by atoms with E-state index in [2.05, 4.69) is 65.6 Å². The number of aromatic nitrogens is 1. The molecule has 0 spiro atoms. The second kappa shape index (κ2) is 12.3. The predicted octanol–water partition coefficient (Wildman–Crippen LogP) is 3.26. The molecule has 0 amide bonds. The number of nitrogens with one attached hydrogen (secondary N) is 2. The zero-order valence-corrected chi connectivity index (χ0v) is 20.1. The summed E-state index contributed by atoms with van der Waals surface area (Å²) in [5.41, 5.74) is 1.00. The monoisotopic (exact) mass is 511 g/mol. The van der Waals surface area contributed by atoms with E-state index >= 15 is 0 Å². The van der Waals surface area contributed by atoms with Crippen LogP contribution in [0.4, 0.5) is 0 Å². The SMILES string of the molecule is CCNC(=NCc1nccc2ccccc12)NCC(C(C)C)N1CCOCC1.I. The largest absolute Gasteiger partial charge is 0.379 e. The Morgan fingerprint density at radius 3 is 2.66 bits per heavy atom. The molecule has 0 aliphatic carbocycles. The van der Waals surface area contributed by atoms with Gasteiger partial charge in [-0.05, 0) is 24.3 Å². The van der Waals surface area contributed by atoms with Crippen molar-refractivity contribution >= 4 is 40.7 Å². The first kappa shape index (κ1) is 23.8. The standard InChI is InChI=1S/C22H33N5O.HI/c1-4-23-22(26-16-21(17(2)3)27-11-13-28-14-12-27)25-15-20-19-8-6-5-7-18(19)9-10-24-20;/h5-10,17,21H,4,11-16H2,1-3H3,(H2,23,25,26);1H. The first-order valence-corrected chi connectivity index (χ1v) is 10.4. The van der Waals surface area contributed by atoms with Crippen molar-refractivity contribution in [1.29, 1.82) is 0 Å². The fourth-order valence-corrected chi connectivity index (χ4v) is 3.70. The Morgan fingerprint density at radius 2 is 1.93 bits per heavy atom. The molecule has 1 aliphatic rings. The van der Waals surface area contributed by atoms with Gasteiger partial charge in [0, 0.05) is 43.8 Å². The number of halogens is 1. The zero-order chi connectivity index (χ0) is 19.8. The Morgan fingerprint density at radius 1 is 1.17 bits per heavy atom. The van der Waals surface area contributed by atoms with Gasteiger partial charge in [-0.3, -0.25) is 9.88 Å². The molecule has 2 heterocycles. The van der Waals surface area contributed by atoms with Crippen molar-refractivity contribution in [3.05, 3.63) is 42.2 Å². The smallest absolute Gasteiger partial charge is 0.191 e. The number of benzene rings is 1. The van der Waals surface area contributed by atoms with Gasteiger partial charge in [-0.1, -0.05) is 38.1 Å². The molecule has 3 rings (SSSR count). The number of ether oxygens (including phenoxy) is 1. The van der Waals surface area contributed by atoms with Crippen LogP contribution in [-0.2, 0) is 11.3 Å². The maximum absolute atomic E-state index is 5.51. The lowest BCUT2D eigenvalue weighted by Crippen LogP contribution is -2.52. The Bertz CT molecular complexity index is 771. The van der Waals surface area contributed by atoms with Crippen molar-refractivity contribution < 1.29 is 4.74 Å². The van der Waals surface area contributed by atoms with Crippen molar-refractivity contribution in [1.82, 2.24) is 20.5 Å². The van der Waals surface area contributed by atoms with Crippen molar-refractivity contribution in [2.75, 3.05) is 39.4 Å². The molecule has 2 N–H and O–H groups in total. The summed E-state index contributed by atoms with van der Waals surface area (Å²) in [6, 6.07) is 10.8. The number of fused-ring (bicyclic) bond motifs is 1. The van der Waals surface area contributed by atoms with Crippen LogP contribution in [0.25, 0.3) is 10.8 Å². The first-order chi connectivity index (χ1) is 13.7. The van der Waals surface area contributed by atoms with Gasteiger partial charge < -0.3 is 15.4 Å². The van der Waals surface area contributed by atoms with Gasteiger partial charge in [0.05, 0.1) is 25.5 Å². The molecule has 6 nitrogen and oxygen atoms in total. The Labute approximate surface area is 191 Å². The van der Waals surface area contributed by atoms with Crippen molar-refractivity contribution in [2.24, 2.45) is 10.9 Å². The third-order valence-electron chi connectivity index (χ3n) is 5.25. The lowest BCUT2D eigenvalue weighted by Gasteiger charge is -2.37. The van der Waals surface area contributed by atoms with Crippen molar-refractivity contribution in [2.45, 2.75) is 33.4 Å². The fraction of sp³-hybridized carbons (Fsp3) is 0.545. The summed E-state index contributed by atoms with van der Waals surface area (Å²) in [5.74, 6) is 1.41. The van der Waals surface area contributed by atoms with Gasteiger partial charge >= 0.3 is 0 Å². The van der Waals surface area contributed by atoms with Gasteiger partial charge in [0.2, 0.25) is 0 Å². The highest BCUT2D eigenvalue weighted by Crippen LogP contribution is 2.17. The molecular weight excluding hydrogens is 477 g/mol. The second-order valence-electron chi connectivity index (χ2n) is 7.51. The molecule has 0 radical (unpaired) electrons. The number of rotatable bonds is 7. The summed E-state index contributed by atoms with van der Waals surface area (Å²) in [5, 5.41) is 9.28. The van der Waals surface area contributed by atoms with Crippen LogP contribution in [0.15, 0.2) is 41.5 Å². The van der Waals surface area contributed by atoms with Gasteiger partial charge in [-0.25, -0.2) is 4.99 Å². The average Bonchev–Trinajstić information content (AvgIpc) is 2.72. The second-order valence-corrected chi connectivity index (χ2v) is 7.51. The molecule has 29 heavy (non-hydrogen) atoms. The van der Waals surface area contributed by atoms with Gasteiger partial charge in [0.1, 0.15) is 0 Å². The maximum Gasteiger partial charge on any atom is 0.191 e. The van der Waals surface area contributed by atoms with E-state index in [0.717, 1.165) is 56.4 Å². The zero-order valence-electron chi connectivity index (χ0n) is 17.7. The number of nitrogens with zero attached hydrogens (tertiary/aromatic N) is 3. The quantitative estimate of drug-likeness (QED) is 0.340. The number of pyridine rings is 1. The lowest BCUT2D eigenvalue weighted by molar-refractivity contribution is 0.00752. The number of morpholine rings is 1. The predicted molar refractivity (Wildman–Crippen MR) is 131 cm³/mol.